The molecule has 0 amide bonds. The molecule has 0 atom stereocenters. The number of pyridine rings is 1. The lowest BCUT2D eigenvalue weighted by molar-refractivity contribution is 0.120. The second-order valence-corrected chi connectivity index (χ2v) is 8.56. The van der Waals surface area contributed by atoms with Crippen molar-refractivity contribution in [1.82, 2.24) is 24.1 Å². The van der Waals surface area contributed by atoms with Crippen LogP contribution in [0.2, 0.25) is 0 Å². The van der Waals surface area contributed by atoms with Gasteiger partial charge in [0.1, 0.15) is 0 Å². The highest BCUT2D eigenvalue weighted by molar-refractivity contribution is 5.10. The van der Waals surface area contributed by atoms with Gasteiger partial charge in [0.15, 0.2) is 0 Å². The van der Waals surface area contributed by atoms with Gasteiger partial charge in [-0.1, -0.05) is 26.8 Å². The third-order valence-corrected chi connectivity index (χ3v) is 5.40. The van der Waals surface area contributed by atoms with Gasteiger partial charge < -0.3 is 4.57 Å². The van der Waals surface area contributed by atoms with Crippen LogP contribution in [0, 0.1) is 0 Å². The molecule has 0 aliphatic carbocycles. The highest BCUT2D eigenvalue weighted by Gasteiger charge is 2.19. The fraction of sp³-hybridized carbons (Fsp3) is 0.571. The van der Waals surface area contributed by atoms with E-state index in [4.69, 9.17) is 0 Å². The van der Waals surface area contributed by atoms with E-state index in [9.17, 15) is 9.59 Å². The van der Waals surface area contributed by atoms with Gasteiger partial charge in [0.25, 0.3) is 5.56 Å². The van der Waals surface area contributed by atoms with Crippen LogP contribution in [0.4, 0.5) is 0 Å². The van der Waals surface area contributed by atoms with E-state index in [1.165, 1.54) is 0 Å². The van der Waals surface area contributed by atoms with Crippen LogP contribution in [-0.4, -0.2) is 56.9 Å². The minimum Gasteiger partial charge on any atom is -0.314 e. The maximum atomic E-state index is 12.1. The summed E-state index contributed by atoms with van der Waals surface area (Å²) in [4.78, 5) is 28.6. The lowest BCUT2D eigenvalue weighted by Gasteiger charge is -2.34. The molecule has 7 nitrogen and oxygen atoms in total. The van der Waals surface area contributed by atoms with Crippen LogP contribution in [0.15, 0.2) is 39.9 Å². The van der Waals surface area contributed by atoms with E-state index in [0.717, 1.165) is 50.7 Å². The molecule has 0 radical (unpaired) electrons. The van der Waals surface area contributed by atoms with Crippen molar-refractivity contribution in [3.05, 3.63) is 62.4 Å². The number of hydrogen-bond acceptors (Lipinski definition) is 5. The fourth-order valence-corrected chi connectivity index (χ4v) is 3.41. The molecule has 28 heavy (non-hydrogen) atoms. The molecule has 1 fully saturated rings. The predicted molar refractivity (Wildman–Crippen MR) is 111 cm³/mol. The van der Waals surface area contributed by atoms with Crippen molar-refractivity contribution >= 4 is 0 Å². The first-order chi connectivity index (χ1) is 13.2. The molecule has 0 aromatic carbocycles. The maximum Gasteiger partial charge on any atom is 0.266 e. The minimum absolute atomic E-state index is 0.0339. The van der Waals surface area contributed by atoms with E-state index in [1.807, 2.05) is 25.2 Å². The van der Waals surface area contributed by atoms with E-state index in [2.05, 4.69) is 35.7 Å². The second-order valence-electron chi connectivity index (χ2n) is 8.56. The monoisotopic (exact) mass is 385 g/mol. The van der Waals surface area contributed by atoms with E-state index >= 15 is 0 Å². The Morgan fingerprint density at radius 3 is 2.25 bits per heavy atom. The SMILES string of the molecule is Cn1c(CN2CCN(CCn3nc(C(C)(C)C)ccc3=O)CC2)cccc1=O. The van der Waals surface area contributed by atoms with Gasteiger partial charge in [-0.2, -0.15) is 5.10 Å². The summed E-state index contributed by atoms with van der Waals surface area (Å²) in [6.07, 6.45) is 0. The zero-order valence-electron chi connectivity index (χ0n) is 17.4. The number of rotatable bonds is 5. The van der Waals surface area contributed by atoms with Crippen molar-refractivity contribution in [1.29, 1.82) is 0 Å². The molecule has 0 saturated carbocycles. The molecule has 2 aromatic heterocycles. The average molecular weight is 386 g/mol. The summed E-state index contributed by atoms with van der Waals surface area (Å²) in [5.74, 6) is 0. The number of piperazine rings is 1. The molecule has 3 rings (SSSR count). The molecule has 1 aliphatic rings. The Bertz CT molecular complexity index is 917. The Morgan fingerprint density at radius 1 is 0.893 bits per heavy atom. The van der Waals surface area contributed by atoms with Gasteiger partial charge in [-0.05, 0) is 12.1 Å². The maximum absolute atomic E-state index is 12.1. The summed E-state index contributed by atoms with van der Waals surface area (Å²) in [6.45, 7) is 12.3. The first-order valence-electron chi connectivity index (χ1n) is 9.92. The van der Waals surface area contributed by atoms with Crippen LogP contribution < -0.4 is 11.1 Å². The average Bonchev–Trinajstić information content (AvgIpc) is 2.65. The molecular formula is C21H31N5O2. The summed E-state index contributed by atoms with van der Waals surface area (Å²) < 4.78 is 3.30. The van der Waals surface area contributed by atoms with Crippen LogP contribution in [-0.2, 0) is 25.6 Å². The molecule has 1 saturated heterocycles. The largest absolute Gasteiger partial charge is 0.314 e. The van der Waals surface area contributed by atoms with Gasteiger partial charge in [-0.3, -0.25) is 19.4 Å². The lowest BCUT2D eigenvalue weighted by Crippen LogP contribution is -2.47. The summed E-state index contributed by atoms with van der Waals surface area (Å²) in [7, 11) is 1.82. The number of hydrogen-bond donors (Lipinski definition) is 0. The van der Waals surface area contributed by atoms with E-state index in [0.29, 0.717) is 6.54 Å². The fourth-order valence-electron chi connectivity index (χ4n) is 3.41. The Kier molecular flexibility index (Phi) is 6.15. The molecule has 1 aliphatic heterocycles. The second kappa shape index (κ2) is 8.41. The molecule has 0 N–H and O–H groups in total. The molecule has 152 valence electrons. The van der Waals surface area contributed by atoms with Gasteiger partial charge in [0.2, 0.25) is 5.56 Å². The van der Waals surface area contributed by atoms with Gasteiger partial charge in [-0.15, -0.1) is 0 Å². The van der Waals surface area contributed by atoms with Gasteiger partial charge in [-0.25, -0.2) is 4.68 Å². The molecule has 7 heteroatoms. The molecule has 2 aromatic rings. The van der Waals surface area contributed by atoms with Crippen LogP contribution in [0.3, 0.4) is 0 Å². The molecule has 0 bridgehead atoms. The first kappa shape index (κ1) is 20.5. The lowest BCUT2D eigenvalue weighted by atomic mass is 9.92. The Labute approximate surface area is 166 Å². The Hall–Kier alpha value is -2.25. The zero-order valence-corrected chi connectivity index (χ0v) is 17.4. The zero-order chi connectivity index (χ0) is 20.3. The number of aromatic nitrogens is 3. The summed E-state index contributed by atoms with van der Waals surface area (Å²) >= 11 is 0. The molecule has 0 unspecified atom stereocenters. The summed E-state index contributed by atoms with van der Waals surface area (Å²) in [5, 5.41) is 4.55. The number of nitrogens with zero attached hydrogens (tertiary/aromatic N) is 5. The van der Waals surface area contributed by atoms with Crippen molar-refractivity contribution in [2.45, 2.75) is 39.3 Å². The normalized spacial score (nSPS) is 16.4. The highest BCUT2D eigenvalue weighted by atomic mass is 16.1. The minimum atomic E-state index is -0.0708. The van der Waals surface area contributed by atoms with Crippen LogP contribution in [0.25, 0.3) is 0 Å². The summed E-state index contributed by atoms with van der Waals surface area (Å²) in [5.41, 5.74) is 1.89. The Balaban J connectivity index is 1.53. The predicted octanol–water partition coefficient (Wildman–Crippen LogP) is 1.06. The first-order valence-corrected chi connectivity index (χ1v) is 9.92. The van der Waals surface area contributed by atoms with E-state index in [1.54, 1.807) is 21.4 Å². The van der Waals surface area contributed by atoms with Crippen molar-refractivity contribution in [2.75, 3.05) is 32.7 Å². The van der Waals surface area contributed by atoms with Gasteiger partial charge in [0, 0.05) is 69.6 Å². The highest BCUT2D eigenvalue weighted by Crippen LogP contribution is 2.18. The van der Waals surface area contributed by atoms with Crippen molar-refractivity contribution < 1.29 is 0 Å². The van der Waals surface area contributed by atoms with Crippen molar-refractivity contribution in [3.8, 4) is 0 Å². The van der Waals surface area contributed by atoms with E-state index in [-0.39, 0.29) is 16.5 Å². The quantitative estimate of drug-likeness (QED) is 0.770. The molecular weight excluding hydrogens is 354 g/mol. The van der Waals surface area contributed by atoms with Crippen LogP contribution in [0.5, 0.6) is 0 Å². The van der Waals surface area contributed by atoms with Gasteiger partial charge in [0.05, 0.1) is 12.2 Å². The molecule has 3 heterocycles. The van der Waals surface area contributed by atoms with Gasteiger partial charge >= 0.3 is 0 Å². The third kappa shape index (κ3) is 4.97. The van der Waals surface area contributed by atoms with Crippen molar-refractivity contribution in [3.63, 3.8) is 0 Å². The van der Waals surface area contributed by atoms with Crippen LogP contribution >= 0.6 is 0 Å². The topological polar surface area (TPSA) is 63.4 Å². The Morgan fingerprint density at radius 2 is 1.57 bits per heavy atom. The standard InChI is InChI=1S/C21H31N5O2/c1-21(2,3)18-8-9-20(28)26(22-18)15-14-24-10-12-25(13-11-24)16-17-6-5-7-19(27)23(17)4/h5-9H,10-16H2,1-4H3. The third-order valence-electron chi connectivity index (χ3n) is 5.40. The molecule has 0 spiro atoms. The van der Waals surface area contributed by atoms with E-state index < -0.39 is 0 Å². The smallest absolute Gasteiger partial charge is 0.266 e. The summed E-state index contributed by atoms with van der Waals surface area (Å²) in [6, 6.07) is 8.87. The van der Waals surface area contributed by atoms with Crippen LogP contribution in [0.1, 0.15) is 32.2 Å². The van der Waals surface area contributed by atoms with Crippen molar-refractivity contribution in [2.24, 2.45) is 7.05 Å².